The number of halogens is 3. The Bertz CT molecular complexity index is 3800. The largest absolute Gasteiger partial charge is 0.462 e. The summed E-state index contributed by atoms with van der Waals surface area (Å²) in [6.07, 6.45) is 3.96. The Kier molecular flexibility index (Phi) is 37.1. The quantitative estimate of drug-likeness (QED) is 0.0453. The monoisotopic (exact) mass is 2090 g/mol. The summed E-state index contributed by atoms with van der Waals surface area (Å²) in [6.45, 7) is 60.8. The lowest BCUT2D eigenvalue weighted by molar-refractivity contribution is -0.322. The zero-order chi connectivity index (χ0) is 94.6. The van der Waals surface area contributed by atoms with Crippen LogP contribution in [0.25, 0.3) is 0 Å². The number of carbonyl (C=O) groups is 4. The number of esters is 4. The van der Waals surface area contributed by atoms with E-state index in [2.05, 4.69) is 206 Å². The fourth-order valence-electron chi connectivity index (χ4n) is 23.8. The zero-order valence-corrected chi connectivity index (χ0v) is 87.5. The molecular weight excluding hydrogens is 1930 g/mol. The summed E-state index contributed by atoms with van der Waals surface area (Å²) in [7, 11) is 0. The van der Waals surface area contributed by atoms with Crippen LogP contribution in [0.5, 0.6) is 0 Å². The fraction of sp³-hybridized carbons (Fsp3) is 0.782. The molecule has 0 radical (unpaired) electrons. The van der Waals surface area contributed by atoms with E-state index < -0.39 is 59.7 Å². The van der Waals surface area contributed by atoms with Gasteiger partial charge in [-0.1, -0.05) is 332 Å². The second kappa shape index (κ2) is 42.4. The van der Waals surface area contributed by atoms with Gasteiger partial charge in [-0.05, 0) is 103 Å². The van der Waals surface area contributed by atoms with Crippen molar-refractivity contribution in [3.63, 3.8) is 0 Å². The molecule has 7 saturated carbocycles. The van der Waals surface area contributed by atoms with Crippen molar-refractivity contribution in [3.05, 3.63) is 108 Å². The summed E-state index contributed by atoms with van der Waals surface area (Å²) in [5, 5.41) is 70.5. The Balaban J connectivity index is 0.000000203. The lowest BCUT2D eigenvalue weighted by Crippen LogP contribution is -2.63. The van der Waals surface area contributed by atoms with Gasteiger partial charge in [-0.3, -0.25) is 19.2 Å². The number of benzene rings is 3. The maximum absolute atomic E-state index is 11.6. The third-order valence-electron chi connectivity index (χ3n) is 28.8. The molecule has 0 amide bonds. The van der Waals surface area contributed by atoms with E-state index in [1.54, 1.807) is 6.92 Å². The van der Waals surface area contributed by atoms with Crippen molar-refractivity contribution in [2.24, 2.45) is 87.6 Å². The molecule has 3 saturated heterocycles. The number of aliphatic hydroxyl groups is 7. The van der Waals surface area contributed by atoms with Crippen LogP contribution in [0.4, 0.5) is 0 Å². The molecule has 10 fully saturated rings. The van der Waals surface area contributed by atoms with Gasteiger partial charge in [-0.15, -0.1) is 0 Å². The molecule has 0 bridgehead atoms. The van der Waals surface area contributed by atoms with Gasteiger partial charge in [0.15, 0.2) is 18.9 Å². The van der Waals surface area contributed by atoms with Crippen molar-refractivity contribution in [1.82, 2.24) is 0 Å². The first-order valence-electron chi connectivity index (χ1n) is 45.4. The first-order valence-corrected chi connectivity index (χ1v) is 49.4. The molecule has 3 aromatic carbocycles. The highest BCUT2D eigenvalue weighted by molar-refractivity contribution is 14.1. The molecule has 3 aromatic rings. The van der Waals surface area contributed by atoms with E-state index in [0.717, 1.165) is 85.3 Å². The molecular formula is C101H161I3O21. The molecule has 712 valence electrons. The number of fused-ring (bicyclic) bond motifs is 3. The predicted octanol–water partition coefficient (Wildman–Crippen LogP) is 20.1. The minimum absolute atomic E-state index is 0.00571. The number of rotatable bonds is 9. The average molecular weight is 2090 g/mol. The van der Waals surface area contributed by atoms with E-state index in [1.807, 2.05) is 119 Å². The summed E-state index contributed by atoms with van der Waals surface area (Å²) in [5.74, 6) is -0.807. The molecule has 7 aliphatic carbocycles. The standard InChI is InChI=1S/C20H28O4.C18H26O3.C17H24O4.C12H19I3O2.C12H22O5.C12H22O2.C10H20O/c1-13-16(23-14(2)21)19(3,4)11-20(5)12-22-18(24-17(13)20)15-9-7-6-8-10-15;1-12-14(19)17(2,3)10-18(4)11-20-16(21-15(12)18)13-8-6-5-7-9-13;1-16(2)9-17(3)10-20-15(11-7-5-4-6-8-11)21-14(17)12(18)13(16)19;1-7(16)17-10-8(14)9(15)12(4,6-13)5-11(10,2)3;1-7(14)17-10-8(15)9(16)12(4,6-13)5-11(10,2)3;1-9(13)14-10-6-7-11(2,3)8-12(10,4)5;1-9(2)6-5-8(11)10(3,4)7-9/h6-10,13,16-18H,11-12H2,1-5H3;5-9,12,14-16,19H,10-11H2,1-4H3;4-8,12-15,18-19H,9-10H2,1-3H3;8-10H,5-6H2,1-4H3;8-10,13,15-16H,5-6H2,1-4H3;10H,6-8H2,1-5H3;8,11H,5-7H2,1-4H3. The molecule has 21 nitrogen and oxygen atoms in total. The van der Waals surface area contributed by atoms with Crippen molar-refractivity contribution in [1.29, 1.82) is 0 Å². The van der Waals surface area contributed by atoms with E-state index >= 15 is 0 Å². The van der Waals surface area contributed by atoms with Crippen LogP contribution in [0, 0.1) is 87.6 Å². The third kappa shape index (κ3) is 27.3. The summed E-state index contributed by atoms with van der Waals surface area (Å²) in [4.78, 5) is 44.8. The molecule has 10 aliphatic rings. The number of hydrogen-bond donors (Lipinski definition) is 7. The minimum Gasteiger partial charge on any atom is -0.462 e. The number of aliphatic hydroxyl groups excluding tert-OH is 7. The van der Waals surface area contributed by atoms with Crippen LogP contribution in [-0.4, -0.2) is 178 Å². The first kappa shape index (κ1) is 109. The number of ether oxygens (including phenoxy) is 10. The summed E-state index contributed by atoms with van der Waals surface area (Å²) in [6, 6.07) is 29.8. The van der Waals surface area contributed by atoms with Gasteiger partial charge in [0.1, 0.15) is 36.6 Å². The van der Waals surface area contributed by atoms with E-state index in [-0.39, 0.29) is 140 Å². The Morgan fingerprint density at radius 1 is 0.384 bits per heavy atom. The normalized spacial score (nSPS) is 39.1. The first-order chi connectivity index (χ1) is 57.2. The average Bonchev–Trinajstić information content (AvgIpc) is 0.763. The van der Waals surface area contributed by atoms with Gasteiger partial charge in [0.05, 0.1) is 73.1 Å². The Hall–Kier alpha value is -2.79. The Labute approximate surface area is 791 Å². The van der Waals surface area contributed by atoms with Gasteiger partial charge < -0.3 is 83.1 Å². The van der Waals surface area contributed by atoms with Crippen molar-refractivity contribution in [2.45, 2.75) is 377 Å². The van der Waals surface area contributed by atoms with Gasteiger partial charge in [0.2, 0.25) is 0 Å². The van der Waals surface area contributed by atoms with Crippen LogP contribution in [0.15, 0.2) is 91.0 Å². The van der Waals surface area contributed by atoms with Crippen molar-refractivity contribution < 1.29 is 102 Å². The van der Waals surface area contributed by atoms with Gasteiger partial charge in [0.25, 0.3) is 0 Å². The number of alkyl halides is 3. The fourth-order valence-corrected chi connectivity index (χ4v) is 28.2. The minimum atomic E-state index is -1.18. The molecule has 0 spiro atoms. The maximum atomic E-state index is 11.6. The maximum Gasteiger partial charge on any atom is 0.303 e. The van der Waals surface area contributed by atoms with E-state index in [4.69, 9.17) is 47.4 Å². The van der Waals surface area contributed by atoms with Gasteiger partial charge in [-0.2, -0.15) is 0 Å². The summed E-state index contributed by atoms with van der Waals surface area (Å²) < 4.78 is 60.4. The van der Waals surface area contributed by atoms with Gasteiger partial charge in [-0.25, -0.2) is 0 Å². The topological polar surface area (TPSA) is 302 Å². The predicted molar refractivity (Wildman–Crippen MR) is 514 cm³/mol. The van der Waals surface area contributed by atoms with E-state index in [9.17, 15) is 54.9 Å². The lowest BCUT2D eigenvalue weighted by Gasteiger charge is -2.57. The highest BCUT2D eigenvalue weighted by Crippen LogP contribution is 2.59. The van der Waals surface area contributed by atoms with Crippen molar-refractivity contribution >= 4 is 91.6 Å². The molecule has 25 atom stereocenters. The summed E-state index contributed by atoms with van der Waals surface area (Å²) >= 11 is 7.48. The van der Waals surface area contributed by atoms with Crippen molar-refractivity contribution in [2.75, 3.05) is 30.9 Å². The highest BCUT2D eigenvalue weighted by atomic mass is 127. The second-order valence-corrected chi connectivity index (χ2v) is 50.1. The molecule has 3 aliphatic heterocycles. The molecule has 25 unspecified atom stereocenters. The van der Waals surface area contributed by atoms with Crippen LogP contribution in [-0.2, 0) is 66.5 Å². The number of carbonyl (C=O) groups excluding carboxylic acids is 4. The second-order valence-electron chi connectivity index (χ2n) is 46.5. The van der Waals surface area contributed by atoms with Crippen LogP contribution >= 0.6 is 67.8 Å². The lowest BCUT2D eigenvalue weighted by atomic mass is 9.57. The van der Waals surface area contributed by atoms with Crippen LogP contribution in [0.2, 0.25) is 0 Å². The SMILES string of the molecule is CC(=O)OC1C(C)C2OC(c3ccccc3)OCC2(C)CC1(C)C.CC(=O)OC1C(I)C(I)C(C)(CI)CC1(C)C.CC(=O)OC1C(O)C(O)C(C)(CO)CC1(C)C.CC(=O)OC1CCC(C)(C)CC1(C)C.CC1(C)CC2(C)COC(c3ccccc3)OC2C(O)C1O.CC1(C)CCC(O)C(C)(C)C1.CC1C(O)C(C)(C)CC2(C)COC(c3ccccc3)OC12. The van der Waals surface area contributed by atoms with Crippen LogP contribution in [0.3, 0.4) is 0 Å². The summed E-state index contributed by atoms with van der Waals surface area (Å²) in [5.41, 5.74) is 2.23. The molecule has 0 aromatic heterocycles. The highest BCUT2D eigenvalue weighted by Gasteiger charge is 2.62. The molecule has 24 heteroatoms. The third-order valence-corrected chi connectivity index (χ3v) is 35.6. The van der Waals surface area contributed by atoms with Gasteiger partial charge >= 0.3 is 23.9 Å². The van der Waals surface area contributed by atoms with Gasteiger partial charge in [0, 0.05) is 108 Å². The molecule has 3 heterocycles. The Morgan fingerprint density at radius 3 is 1.12 bits per heavy atom. The molecule has 7 N–H and O–H groups in total. The van der Waals surface area contributed by atoms with Crippen molar-refractivity contribution in [3.8, 4) is 0 Å². The van der Waals surface area contributed by atoms with Crippen LogP contribution in [0.1, 0.15) is 307 Å². The Morgan fingerprint density at radius 2 is 0.728 bits per heavy atom. The molecule has 125 heavy (non-hydrogen) atoms. The molecule has 13 rings (SSSR count). The van der Waals surface area contributed by atoms with E-state index in [1.165, 1.54) is 27.7 Å². The van der Waals surface area contributed by atoms with Crippen LogP contribution < -0.4 is 0 Å². The van der Waals surface area contributed by atoms with E-state index in [0.29, 0.717) is 50.3 Å². The number of hydrogen-bond acceptors (Lipinski definition) is 21. The zero-order valence-electron chi connectivity index (χ0n) is 81.0. The smallest absolute Gasteiger partial charge is 0.303 e.